The summed E-state index contributed by atoms with van der Waals surface area (Å²) < 4.78 is 50.2. The fraction of sp³-hybridized carbons (Fsp3) is 0.125. The van der Waals surface area contributed by atoms with Gasteiger partial charge in [0.1, 0.15) is 5.82 Å². The Morgan fingerprint density at radius 2 is 1.81 bits per heavy atom. The van der Waals surface area contributed by atoms with Crippen LogP contribution in [0.25, 0.3) is 0 Å². The fourth-order valence-corrected chi connectivity index (χ4v) is 1.17. The van der Waals surface area contributed by atoms with Gasteiger partial charge in [0.05, 0.1) is 11.1 Å². The molecule has 3 nitrogen and oxygen atoms in total. The average Bonchev–Trinajstić information content (AvgIpc) is 2.15. The maximum absolute atomic E-state index is 13.3. The quantitative estimate of drug-likeness (QED) is 0.442. The van der Waals surface area contributed by atoms with Gasteiger partial charge in [0.2, 0.25) is 0 Å². The van der Waals surface area contributed by atoms with E-state index in [2.05, 4.69) is 0 Å². The Kier molecular flexibility index (Phi) is 3.34. The molecule has 0 unspecified atom stereocenters. The van der Waals surface area contributed by atoms with Crippen molar-refractivity contribution in [3.63, 3.8) is 0 Å². The Hall–Kier alpha value is -1.41. The summed E-state index contributed by atoms with van der Waals surface area (Å²) in [5.41, 5.74) is -3.47. The van der Waals surface area contributed by atoms with Crippen molar-refractivity contribution in [2.45, 2.75) is 6.18 Å². The third-order valence-corrected chi connectivity index (χ3v) is 1.91. The molecule has 0 saturated heterocycles. The predicted octanol–water partition coefficient (Wildman–Crippen LogP) is 0.337. The van der Waals surface area contributed by atoms with Gasteiger partial charge in [0.15, 0.2) is 6.29 Å². The van der Waals surface area contributed by atoms with E-state index in [1.54, 1.807) is 0 Å². The summed E-state index contributed by atoms with van der Waals surface area (Å²) in [5.74, 6) is -1.58. The van der Waals surface area contributed by atoms with Crippen LogP contribution >= 0.6 is 0 Å². The molecular formula is C8H5BF4O3. The van der Waals surface area contributed by atoms with Crippen LogP contribution in [-0.2, 0) is 6.18 Å². The first-order valence-corrected chi connectivity index (χ1v) is 4.00. The molecular weight excluding hydrogens is 231 g/mol. The van der Waals surface area contributed by atoms with E-state index in [4.69, 9.17) is 10.0 Å². The molecule has 1 rings (SSSR count). The van der Waals surface area contributed by atoms with Gasteiger partial charge < -0.3 is 10.0 Å². The maximum Gasteiger partial charge on any atom is 0.491 e. The van der Waals surface area contributed by atoms with Crippen molar-refractivity contribution in [3.05, 3.63) is 29.1 Å². The third kappa shape index (κ3) is 2.22. The molecule has 0 amide bonds. The Labute approximate surface area is 87.5 Å². The number of carbonyl (C=O) groups is 1. The topological polar surface area (TPSA) is 57.5 Å². The molecule has 0 aromatic heterocycles. The molecule has 2 N–H and O–H groups in total. The van der Waals surface area contributed by atoms with Crippen LogP contribution in [0.15, 0.2) is 12.1 Å². The summed E-state index contributed by atoms with van der Waals surface area (Å²) in [5, 5.41) is 17.3. The average molecular weight is 236 g/mol. The van der Waals surface area contributed by atoms with Crippen LogP contribution in [0.1, 0.15) is 15.9 Å². The SMILES string of the molecule is O=Cc1c(C(F)(F)F)ccc(B(O)O)c1F. The van der Waals surface area contributed by atoms with E-state index in [9.17, 15) is 22.4 Å². The minimum Gasteiger partial charge on any atom is -0.423 e. The first-order chi connectivity index (χ1) is 7.29. The van der Waals surface area contributed by atoms with Gasteiger partial charge in [-0.05, 0) is 6.07 Å². The Balaban J connectivity index is 3.47. The zero-order chi connectivity index (χ0) is 12.5. The van der Waals surface area contributed by atoms with E-state index in [1.807, 2.05) is 0 Å². The second-order valence-corrected chi connectivity index (χ2v) is 2.92. The molecule has 0 aliphatic carbocycles. The van der Waals surface area contributed by atoms with Gasteiger partial charge in [-0.15, -0.1) is 0 Å². The van der Waals surface area contributed by atoms with Gasteiger partial charge in [-0.25, -0.2) is 4.39 Å². The molecule has 86 valence electrons. The van der Waals surface area contributed by atoms with E-state index >= 15 is 0 Å². The molecule has 8 heteroatoms. The molecule has 0 spiro atoms. The van der Waals surface area contributed by atoms with E-state index in [0.717, 1.165) is 0 Å². The number of alkyl halides is 3. The van der Waals surface area contributed by atoms with E-state index in [-0.39, 0.29) is 6.29 Å². The molecule has 0 aliphatic heterocycles. The lowest BCUT2D eigenvalue weighted by Gasteiger charge is -2.12. The van der Waals surface area contributed by atoms with Crippen molar-refractivity contribution in [3.8, 4) is 0 Å². The predicted molar refractivity (Wildman–Crippen MR) is 46.6 cm³/mol. The lowest BCUT2D eigenvalue weighted by Crippen LogP contribution is -2.34. The van der Waals surface area contributed by atoms with Crippen LogP contribution in [-0.4, -0.2) is 23.5 Å². The number of carbonyl (C=O) groups excluding carboxylic acids is 1. The van der Waals surface area contributed by atoms with Crippen molar-refractivity contribution in [2.75, 3.05) is 0 Å². The van der Waals surface area contributed by atoms with E-state index in [1.165, 1.54) is 0 Å². The molecule has 1 aromatic carbocycles. The normalized spacial score (nSPS) is 11.4. The van der Waals surface area contributed by atoms with Crippen molar-refractivity contribution in [1.29, 1.82) is 0 Å². The van der Waals surface area contributed by atoms with Gasteiger partial charge in [-0.3, -0.25) is 4.79 Å². The lowest BCUT2D eigenvalue weighted by atomic mass is 9.78. The highest BCUT2D eigenvalue weighted by Gasteiger charge is 2.36. The highest BCUT2D eigenvalue weighted by molar-refractivity contribution is 6.58. The number of hydrogen-bond acceptors (Lipinski definition) is 3. The van der Waals surface area contributed by atoms with Crippen LogP contribution in [0.4, 0.5) is 17.6 Å². The number of aldehydes is 1. The molecule has 0 radical (unpaired) electrons. The zero-order valence-corrected chi connectivity index (χ0v) is 7.62. The van der Waals surface area contributed by atoms with Crippen LogP contribution in [0.3, 0.4) is 0 Å². The van der Waals surface area contributed by atoms with Gasteiger partial charge in [-0.1, -0.05) is 6.07 Å². The van der Waals surface area contributed by atoms with E-state index < -0.39 is 35.7 Å². The van der Waals surface area contributed by atoms with Crippen molar-refractivity contribution in [1.82, 2.24) is 0 Å². The molecule has 0 heterocycles. The second kappa shape index (κ2) is 4.22. The number of benzene rings is 1. The monoisotopic (exact) mass is 236 g/mol. The minimum atomic E-state index is -4.88. The standard InChI is InChI=1S/C8H5BF4O3/c10-7-4(3-14)5(8(11,12)13)1-2-6(7)9(15)16/h1-3,15-16H. The first-order valence-electron chi connectivity index (χ1n) is 4.00. The highest BCUT2D eigenvalue weighted by Crippen LogP contribution is 2.31. The summed E-state index contributed by atoms with van der Waals surface area (Å²) in [6, 6.07) is 0.984. The lowest BCUT2D eigenvalue weighted by molar-refractivity contribution is -0.138. The van der Waals surface area contributed by atoms with Crippen molar-refractivity contribution in [2.24, 2.45) is 0 Å². The number of hydrogen-bond donors (Lipinski definition) is 2. The molecule has 0 fully saturated rings. The minimum absolute atomic E-state index is 0.315. The Morgan fingerprint density at radius 1 is 1.25 bits per heavy atom. The number of halogens is 4. The Morgan fingerprint density at radius 3 is 2.19 bits per heavy atom. The van der Waals surface area contributed by atoms with Crippen LogP contribution in [0.5, 0.6) is 0 Å². The summed E-state index contributed by atoms with van der Waals surface area (Å²) >= 11 is 0. The fourth-order valence-electron chi connectivity index (χ4n) is 1.17. The summed E-state index contributed by atoms with van der Waals surface area (Å²) in [4.78, 5) is 10.4. The van der Waals surface area contributed by atoms with Crippen LogP contribution in [0, 0.1) is 5.82 Å². The largest absolute Gasteiger partial charge is 0.491 e. The van der Waals surface area contributed by atoms with Crippen LogP contribution < -0.4 is 5.46 Å². The Bertz CT molecular complexity index is 416. The van der Waals surface area contributed by atoms with Gasteiger partial charge in [0.25, 0.3) is 0 Å². The zero-order valence-electron chi connectivity index (χ0n) is 7.62. The molecule has 0 saturated carbocycles. The number of rotatable bonds is 2. The molecule has 0 atom stereocenters. The third-order valence-electron chi connectivity index (χ3n) is 1.91. The first kappa shape index (κ1) is 12.7. The van der Waals surface area contributed by atoms with Crippen molar-refractivity contribution < 1.29 is 32.4 Å². The van der Waals surface area contributed by atoms with E-state index in [0.29, 0.717) is 12.1 Å². The summed E-state index contributed by atoms with van der Waals surface area (Å²) in [6.07, 6.45) is -5.19. The molecule has 0 bridgehead atoms. The molecule has 0 aliphatic rings. The maximum atomic E-state index is 13.3. The molecule has 16 heavy (non-hydrogen) atoms. The highest BCUT2D eigenvalue weighted by atomic mass is 19.4. The van der Waals surface area contributed by atoms with Gasteiger partial charge in [0, 0.05) is 5.46 Å². The second-order valence-electron chi connectivity index (χ2n) is 2.92. The summed E-state index contributed by atoms with van der Waals surface area (Å²) in [6.45, 7) is 0. The van der Waals surface area contributed by atoms with Gasteiger partial charge >= 0.3 is 13.3 Å². The van der Waals surface area contributed by atoms with Crippen LogP contribution in [0.2, 0.25) is 0 Å². The molecule has 1 aromatic rings. The van der Waals surface area contributed by atoms with Crippen molar-refractivity contribution >= 4 is 18.9 Å². The van der Waals surface area contributed by atoms with Gasteiger partial charge in [-0.2, -0.15) is 13.2 Å². The summed E-state index contributed by atoms with van der Waals surface area (Å²) in [7, 11) is -2.28. The smallest absolute Gasteiger partial charge is 0.423 e.